The van der Waals surface area contributed by atoms with Crippen molar-refractivity contribution in [2.24, 2.45) is 5.92 Å². The highest BCUT2D eigenvalue weighted by atomic mass is 16.5. The average molecular weight is 493 g/mol. The highest BCUT2D eigenvalue weighted by molar-refractivity contribution is 5.84. The number of nitrogens with one attached hydrogen (secondary N) is 1. The summed E-state index contributed by atoms with van der Waals surface area (Å²) in [5.74, 6) is 1.73. The molecular formula is C27H48N4O4. The molecule has 2 amide bonds. The SMILES string of the molecule is CC.CCCOC(=O)Nc1cnc(N2CCCC(C)C2)c(C)c1.CCN(C=O)C1CCC(O)CC1. The van der Waals surface area contributed by atoms with Gasteiger partial charge in [-0.15, -0.1) is 0 Å². The second-order valence-corrected chi connectivity index (χ2v) is 9.22. The summed E-state index contributed by atoms with van der Waals surface area (Å²) in [4.78, 5) is 30.8. The molecule has 1 unspecified atom stereocenters. The summed E-state index contributed by atoms with van der Waals surface area (Å²) in [7, 11) is 0. The maximum atomic E-state index is 11.5. The third-order valence-corrected chi connectivity index (χ3v) is 6.33. The van der Waals surface area contributed by atoms with Gasteiger partial charge in [-0.25, -0.2) is 9.78 Å². The van der Waals surface area contributed by atoms with Gasteiger partial charge in [-0.05, 0) is 76.3 Å². The summed E-state index contributed by atoms with van der Waals surface area (Å²) >= 11 is 0. The van der Waals surface area contributed by atoms with E-state index in [4.69, 9.17) is 4.74 Å². The van der Waals surface area contributed by atoms with E-state index in [1.54, 1.807) is 6.20 Å². The van der Waals surface area contributed by atoms with E-state index in [-0.39, 0.29) is 6.10 Å². The first-order valence-corrected chi connectivity index (χ1v) is 13.4. The molecule has 200 valence electrons. The molecule has 1 saturated heterocycles. The minimum absolute atomic E-state index is 0.133. The van der Waals surface area contributed by atoms with Crippen LogP contribution in [0.3, 0.4) is 0 Å². The highest BCUT2D eigenvalue weighted by Gasteiger charge is 2.23. The number of aryl methyl sites for hydroxylation is 1. The molecule has 8 heteroatoms. The first kappa shape index (κ1) is 30.7. The van der Waals surface area contributed by atoms with Crippen molar-refractivity contribution in [1.82, 2.24) is 9.88 Å². The van der Waals surface area contributed by atoms with Crippen LogP contribution in [-0.2, 0) is 9.53 Å². The molecule has 2 N–H and O–H groups in total. The molecule has 1 aromatic rings. The topological polar surface area (TPSA) is 95.0 Å². The largest absolute Gasteiger partial charge is 0.449 e. The van der Waals surface area contributed by atoms with Crippen molar-refractivity contribution in [3.05, 3.63) is 17.8 Å². The van der Waals surface area contributed by atoms with Crippen LogP contribution in [0.5, 0.6) is 0 Å². The first-order valence-electron chi connectivity index (χ1n) is 13.4. The molecule has 0 bridgehead atoms. The van der Waals surface area contributed by atoms with E-state index in [1.807, 2.05) is 45.6 Å². The molecular weight excluding hydrogens is 444 g/mol. The molecule has 2 heterocycles. The summed E-state index contributed by atoms with van der Waals surface area (Å²) in [6, 6.07) is 2.32. The third kappa shape index (κ3) is 10.8. The van der Waals surface area contributed by atoms with Gasteiger partial charge in [-0.1, -0.05) is 27.7 Å². The number of ether oxygens (including phenoxy) is 1. The Hall–Kier alpha value is -2.35. The molecule has 35 heavy (non-hydrogen) atoms. The lowest BCUT2D eigenvalue weighted by Gasteiger charge is -2.32. The number of hydrogen-bond donors (Lipinski definition) is 2. The average Bonchev–Trinajstić information content (AvgIpc) is 2.86. The van der Waals surface area contributed by atoms with Crippen molar-refractivity contribution in [2.75, 3.05) is 36.5 Å². The van der Waals surface area contributed by atoms with Gasteiger partial charge in [0.25, 0.3) is 0 Å². The molecule has 1 aromatic heterocycles. The van der Waals surface area contributed by atoms with Gasteiger partial charge in [-0.2, -0.15) is 0 Å². The second kappa shape index (κ2) is 17.1. The third-order valence-electron chi connectivity index (χ3n) is 6.33. The fourth-order valence-electron chi connectivity index (χ4n) is 4.51. The lowest BCUT2D eigenvalue weighted by Crippen LogP contribution is -2.37. The predicted molar refractivity (Wildman–Crippen MR) is 143 cm³/mol. The van der Waals surface area contributed by atoms with Gasteiger partial charge < -0.3 is 19.6 Å². The zero-order valence-electron chi connectivity index (χ0n) is 22.8. The minimum Gasteiger partial charge on any atom is -0.449 e. The fraction of sp³-hybridized carbons (Fsp3) is 0.741. The molecule has 0 radical (unpaired) electrons. The summed E-state index contributed by atoms with van der Waals surface area (Å²) < 4.78 is 5.01. The van der Waals surface area contributed by atoms with Crippen LogP contribution >= 0.6 is 0 Å². The number of carbonyl (C=O) groups is 2. The monoisotopic (exact) mass is 492 g/mol. The molecule has 1 saturated carbocycles. The van der Waals surface area contributed by atoms with Crippen molar-refractivity contribution in [2.45, 2.75) is 98.6 Å². The molecule has 8 nitrogen and oxygen atoms in total. The van der Waals surface area contributed by atoms with E-state index in [9.17, 15) is 14.7 Å². The Morgan fingerprint density at radius 2 is 1.94 bits per heavy atom. The molecule has 2 aliphatic rings. The van der Waals surface area contributed by atoms with Gasteiger partial charge in [0, 0.05) is 25.7 Å². The van der Waals surface area contributed by atoms with E-state index in [2.05, 4.69) is 22.1 Å². The Balaban J connectivity index is 0.000000372. The van der Waals surface area contributed by atoms with Crippen molar-refractivity contribution in [3.63, 3.8) is 0 Å². The Morgan fingerprint density at radius 1 is 1.26 bits per heavy atom. The van der Waals surface area contributed by atoms with E-state index in [0.29, 0.717) is 24.3 Å². The predicted octanol–water partition coefficient (Wildman–Crippen LogP) is 5.38. The molecule has 2 fully saturated rings. The Bertz CT molecular complexity index is 738. The van der Waals surface area contributed by atoms with E-state index >= 15 is 0 Å². The number of rotatable bonds is 7. The van der Waals surface area contributed by atoms with Crippen molar-refractivity contribution in [1.29, 1.82) is 0 Å². The lowest BCUT2D eigenvalue weighted by atomic mass is 9.92. The Labute approximate surface area is 212 Å². The number of hydrogen-bond acceptors (Lipinski definition) is 6. The molecule has 1 aliphatic heterocycles. The number of nitrogens with zero attached hydrogens (tertiary/aromatic N) is 3. The van der Waals surface area contributed by atoms with Crippen LogP contribution < -0.4 is 10.2 Å². The zero-order valence-corrected chi connectivity index (χ0v) is 22.8. The van der Waals surface area contributed by atoms with Crippen LogP contribution in [0.25, 0.3) is 0 Å². The van der Waals surface area contributed by atoms with Crippen LogP contribution in [0.2, 0.25) is 0 Å². The van der Waals surface area contributed by atoms with Crippen LogP contribution in [0.1, 0.15) is 85.1 Å². The maximum Gasteiger partial charge on any atom is 0.411 e. The minimum atomic E-state index is -0.419. The smallest absolute Gasteiger partial charge is 0.411 e. The number of piperidine rings is 1. The van der Waals surface area contributed by atoms with E-state index < -0.39 is 6.09 Å². The number of pyridine rings is 1. The van der Waals surface area contributed by atoms with Crippen LogP contribution in [0.15, 0.2) is 12.3 Å². The van der Waals surface area contributed by atoms with Crippen molar-refractivity contribution >= 4 is 24.0 Å². The van der Waals surface area contributed by atoms with Crippen LogP contribution in [0, 0.1) is 12.8 Å². The second-order valence-electron chi connectivity index (χ2n) is 9.22. The van der Waals surface area contributed by atoms with Gasteiger partial charge in [0.05, 0.1) is 24.6 Å². The number of anilines is 2. The van der Waals surface area contributed by atoms with Crippen molar-refractivity contribution in [3.8, 4) is 0 Å². The zero-order chi connectivity index (χ0) is 26.2. The molecule has 3 rings (SSSR count). The highest BCUT2D eigenvalue weighted by Crippen LogP contribution is 2.26. The molecule has 0 aromatic carbocycles. The first-order chi connectivity index (χ1) is 16.9. The van der Waals surface area contributed by atoms with Crippen LogP contribution in [-0.4, -0.2) is 65.9 Å². The van der Waals surface area contributed by atoms with E-state index in [1.165, 1.54) is 12.8 Å². The number of aromatic nitrogens is 1. The Kier molecular flexibility index (Phi) is 15.0. The molecule has 1 aliphatic carbocycles. The summed E-state index contributed by atoms with van der Waals surface area (Å²) in [5, 5.41) is 12.0. The fourth-order valence-corrected chi connectivity index (χ4v) is 4.51. The lowest BCUT2D eigenvalue weighted by molar-refractivity contribution is -0.121. The molecule has 1 atom stereocenters. The standard InChI is InChI=1S/C16H25N3O2.C9H17NO2.C2H6/c1-4-8-21-16(20)18-14-9-13(3)15(17-10-14)19-7-5-6-12(2)11-19;1-2-10(7-11)8-3-5-9(12)6-4-8;1-2/h9-10,12H,4-8,11H2,1-3H3,(H,18,20);7-9,12H,2-6H2,1H3;1-2H3. The normalized spacial score (nSPS) is 21.5. The summed E-state index contributed by atoms with van der Waals surface area (Å²) in [5.41, 5.74) is 1.76. The van der Waals surface area contributed by atoms with Gasteiger partial charge in [0.2, 0.25) is 6.41 Å². The van der Waals surface area contributed by atoms with Crippen molar-refractivity contribution < 1.29 is 19.4 Å². The Morgan fingerprint density at radius 3 is 2.49 bits per heavy atom. The number of aliphatic hydroxyl groups excluding tert-OH is 1. The van der Waals surface area contributed by atoms with Gasteiger partial charge in [0.1, 0.15) is 5.82 Å². The summed E-state index contributed by atoms with van der Waals surface area (Å²) in [6.07, 6.45) is 8.98. The summed E-state index contributed by atoms with van der Waals surface area (Å²) in [6.45, 7) is 15.6. The maximum absolute atomic E-state index is 11.5. The van der Waals surface area contributed by atoms with Gasteiger partial charge in [0.15, 0.2) is 0 Å². The number of aliphatic hydroxyl groups is 1. The van der Waals surface area contributed by atoms with Gasteiger partial charge in [-0.3, -0.25) is 10.1 Å². The quantitative estimate of drug-likeness (QED) is 0.496. The van der Waals surface area contributed by atoms with Crippen LogP contribution in [0.4, 0.5) is 16.3 Å². The van der Waals surface area contributed by atoms with E-state index in [0.717, 1.165) is 69.5 Å². The van der Waals surface area contributed by atoms with Gasteiger partial charge >= 0.3 is 6.09 Å². The molecule has 0 spiro atoms. The number of amides is 2. The number of carbonyl (C=O) groups excluding carboxylic acids is 2.